The Bertz CT molecular complexity index is 4690. The molecule has 13 aromatic carbocycles. The highest BCUT2D eigenvalue weighted by Crippen LogP contribution is 2.62. The van der Waals surface area contributed by atoms with Crippen molar-refractivity contribution in [3.63, 3.8) is 0 Å². The number of para-hydroxylation sites is 3. The second-order valence-corrected chi connectivity index (χ2v) is 23.0. The Balaban J connectivity index is 0.950. The molecule has 1 heterocycles. The van der Waals surface area contributed by atoms with Crippen molar-refractivity contribution in [2.75, 3.05) is 9.80 Å². The Morgan fingerprint density at radius 3 is 1.22 bits per heavy atom. The summed E-state index contributed by atoms with van der Waals surface area (Å²) in [5.74, 6) is 0. The average molecular weight is 1080 g/mol. The van der Waals surface area contributed by atoms with Gasteiger partial charge in [0.2, 0.25) is 0 Å². The summed E-state index contributed by atoms with van der Waals surface area (Å²) < 4.78 is 2.57. The summed E-state index contributed by atoms with van der Waals surface area (Å²) in [5, 5.41) is 2.58. The molecule has 1 atom stereocenters. The standard InChI is InChI=1S/C80H54N2S/c1-6-22-54(23-7-1)56-38-42-58(43-39-56)70-50-69-60(48-76(70)82(63-30-14-5-15-31-63)64-46-47-68-67-34-18-21-37-78(67)83-79(68)49-64)53-80(73-35-19-16-32-65(69)73)74-36-20-17-33-66(74)72-51-71(59-44-40-57(41-45-59)55-24-8-2-9-25-55)77(52-75(72)80)81(61-26-10-3-11-27-61)62-28-12-4-13-29-62/h1-52H,53H2. The lowest BCUT2D eigenvalue weighted by Crippen LogP contribution is -2.33. The lowest BCUT2D eigenvalue weighted by Gasteiger charge is -2.41. The van der Waals surface area contributed by atoms with Crippen LogP contribution in [0.2, 0.25) is 0 Å². The van der Waals surface area contributed by atoms with Crippen LogP contribution in [0.5, 0.6) is 0 Å². The van der Waals surface area contributed by atoms with Gasteiger partial charge in [-0.05, 0) is 163 Å². The average Bonchev–Trinajstić information content (AvgIpc) is 2.05. The number of fused-ring (bicyclic) bond motifs is 12. The lowest BCUT2D eigenvalue weighted by atomic mass is 9.62. The van der Waals surface area contributed by atoms with E-state index in [4.69, 9.17) is 0 Å². The van der Waals surface area contributed by atoms with Crippen molar-refractivity contribution in [1.82, 2.24) is 0 Å². The number of rotatable bonds is 10. The molecule has 0 saturated heterocycles. The molecule has 3 heteroatoms. The normalized spacial score (nSPS) is 13.8. The maximum Gasteiger partial charge on any atom is 0.0543 e. The van der Waals surface area contributed by atoms with Crippen LogP contribution in [0.4, 0.5) is 34.1 Å². The predicted octanol–water partition coefficient (Wildman–Crippen LogP) is 22.2. The highest BCUT2D eigenvalue weighted by Gasteiger charge is 2.49. The maximum absolute atomic E-state index is 2.57. The van der Waals surface area contributed by atoms with Crippen LogP contribution in [0.3, 0.4) is 0 Å². The predicted molar refractivity (Wildman–Crippen MR) is 351 cm³/mol. The van der Waals surface area contributed by atoms with Crippen molar-refractivity contribution in [2.45, 2.75) is 11.8 Å². The fraction of sp³-hybridized carbons (Fsp3) is 0.0250. The molecule has 0 fully saturated rings. The van der Waals surface area contributed by atoms with Gasteiger partial charge in [-0.25, -0.2) is 0 Å². The summed E-state index contributed by atoms with van der Waals surface area (Å²) in [7, 11) is 0. The summed E-state index contributed by atoms with van der Waals surface area (Å²) in [5.41, 5.74) is 26.0. The van der Waals surface area contributed by atoms with Crippen LogP contribution in [-0.2, 0) is 11.8 Å². The van der Waals surface area contributed by atoms with E-state index < -0.39 is 5.41 Å². The first-order chi connectivity index (χ1) is 41.1. The minimum atomic E-state index is -0.553. The quantitative estimate of drug-likeness (QED) is 0.135. The summed E-state index contributed by atoms with van der Waals surface area (Å²) in [4.78, 5) is 4.98. The van der Waals surface area contributed by atoms with Gasteiger partial charge < -0.3 is 9.80 Å². The highest BCUT2D eigenvalue weighted by atomic mass is 32.1. The van der Waals surface area contributed by atoms with Gasteiger partial charge in [0.15, 0.2) is 0 Å². The number of hydrogen-bond acceptors (Lipinski definition) is 3. The van der Waals surface area contributed by atoms with Crippen LogP contribution in [-0.4, -0.2) is 0 Å². The van der Waals surface area contributed by atoms with Crippen LogP contribution >= 0.6 is 11.3 Å². The van der Waals surface area contributed by atoms with Gasteiger partial charge in [-0.2, -0.15) is 0 Å². The minimum Gasteiger partial charge on any atom is -0.310 e. The number of hydrogen-bond donors (Lipinski definition) is 0. The van der Waals surface area contributed by atoms with Crippen LogP contribution in [0, 0.1) is 0 Å². The van der Waals surface area contributed by atoms with Crippen molar-refractivity contribution in [3.8, 4) is 66.8 Å². The fourth-order valence-corrected chi connectivity index (χ4v) is 14.7. The van der Waals surface area contributed by atoms with Gasteiger partial charge in [0.25, 0.3) is 0 Å². The molecular weight excluding hydrogens is 1020 g/mol. The van der Waals surface area contributed by atoms with E-state index in [1.807, 2.05) is 11.3 Å². The minimum absolute atomic E-state index is 0.553. The van der Waals surface area contributed by atoms with E-state index in [2.05, 4.69) is 325 Å². The molecule has 0 radical (unpaired) electrons. The van der Waals surface area contributed by atoms with Crippen LogP contribution in [0.15, 0.2) is 315 Å². The smallest absolute Gasteiger partial charge is 0.0543 e. The summed E-state index contributed by atoms with van der Waals surface area (Å²) in [6.07, 6.45) is 0.753. The van der Waals surface area contributed by atoms with Crippen molar-refractivity contribution in [2.24, 2.45) is 0 Å². The molecule has 0 amide bonds. The molecule has 2 nitrogen and oxygen atoms in total. The van der Waals surface area contributed by atoms with Gasteiger partial charge in [0.05, 0.1) is 16.8 Å². The third kappa shape index (κ3) is 8.15. The largest absolute Gasteiger partial charge is 0.310 e. The second kappa shape index (κ2) is 20.0. The Morgan fingerprint density at radius 1 is 0.253 bits per heavy atom. The number of thiophene rings is 1. The van der Waals surface area contributed by atoms with Gasteiger partial charge >= 0.3 is 0 Å². The van der Waals surface area contributed by atoms with E-state index in [-0.39, 0.29) is 0 Å². The Hall–Kier alpha value is -10.3. The zero-order valence-electron chi connectivity index (χ0n) is 45.5. The van der Waals surface area contributed by atoms with Gasteiger partial charge in [0, 0.05) is 54.0 Å². The molecule has 2 aliphatic carbocycles. The van der Waals surface area contributed by atoms with Gasteiger partial charge in [-0.15, -0.1) is 11.3 Å². The van der Waals surface area contributed by atoms with Crippen molar-refractivity contribution < 1.29 is 0 Å². The molecule has 83 heavy (non-hydrogen) atoms. The molecular formula is C80H54N2S. The molecule has 16 rings (SSSR count). The molecule has 1 unspecified atom stereocenters. The van der Waals surface area contributed by atoms with E-state index in [0.29, 0.717) is 0 Å². The third-order valence-corrected chi connectivity index (χ3v) is 18.5. The number of benzene rings is 13. The molecule has 2 aliphatic rings. The van der Waals surface area contributed by atoms with Gasteiger partial charge in [-0.3, -0.25) is 0 Å². The lowest BCUT2D eigenvalue weighted by molar-refractivity contribution is 0.622. The fourth-order valence-electron chi connectivity index (χ4n) is 13.6. The van der Waals surface area contributed by atoms with Crippen LogP contribution in [0.1, 0.15) is 22.3 Å². The molecule has 1 spiro atoms. The topological polar surface area (TPSA) is 6.48 Å². The molecule has 0 bridgehead atoms. The van der Waals surface area contributed by atoms with Gasteiger partial charge in [0.1, 0.15) is 0 Å². The second-order valence-electron chi connectivity index (χ2n) is 22.0. The molecule has 0 aliphatic heterocycles. The summed E-state index contributed by atoms with van der Waals surface area (Å²) >= 11 is 1.87. The van der Waals surface area contributed by atoms with Crippen LogP contribution in [0.25, 0.3) is 86.9 Å². The highest BCUT2D eigenvalue weighted by molar-refractivity contribution is 7.25. The molecule has 390 valence electrons. The first-order valence-corrected chi connectivity index (χ1v) is 29.5. The Kier molecular flexibility index (Phi) is 11.7. The zero-order valence-corrected chi connectivity index (χ0v) is 46.3. The van der Waals surface area contributed by atoms with Crippen molar-refractivity contribution >= 4 is 65.6 Å². The van der Waals surface area contributed by atoms with E-state index >= 15 is 0 Å². The SMILES string of the molecule is c1ccc(-c2ccc(-c3cc4c(cc3N(c3ccccc3)c3ccc5c(c3)sc3ccccc35)CC3(c5ccccc5-4)c4ccccc4-c4cc(-c5ccc(-c6ccccc6)cc5)c(N(c5ccccc5)c5ccccc5)cc43)cc2)cc1. The first kappa shape index (κ1) is 48.6. The van der Waals surface area contributed by atoms with E-state index in [0.717, 1.165) is 51.7 Å². The maximum atomic E-state index is 2.57. The molecule has 1 aromatic heterocycles. The Labute approximate surface area is 488 Å². The van der Waals surface area contributed by atoms with E-state index in [1.165, 1.54) is 98.1 Å². The van der Waals surface area contributed by atoms with Crippen LogP contribution < -0.4 is 9.80 Å². The van der Waals surface area contributed by atoms with Crippen molar-refractivity contribution in [3.05, 3.63) is 338 Å². The molecule has 0 saturated carbocycles. The molecule has 0 N–H and O–H groups in total. The Morgan fingerprint density at radius 2 is 0.663 bits per heavy atom. The monoisotopic (exact) mass is 1070 g/mol. The molecule has 14 aromatic rings. The van der Waals surface area contributed by atoms with Crippen molar-refractivity contribution in [1.29, 1.82) is 0 Å². The van der Waals surface area contributed by atoms with E-state index in [1.54, 1.807) is 0 Å². The number of nitrogens with zero attached hydrogens (tertiary/aromatic N) is 2. The third-order valence-electron chi connectivity index (χ3n) is 17.4. The number of anilines is 6. The van der Waals surface area contributed by atoms with Gasteiger partial charge in [-0.1, -0.05) is 237 Å². The first-order valence-electron chi connectivity index (χ1n) is 28.7. The zero-order chi connectivity index (χ0) is 54.8. The van der Waals surface area contributed by atoms with E-state index in [9.17, 15) is 0 Å². The summed E-state index contributed by atoms with van der Waals surface area (Å²) in [6.45, 7) is 0. The summed E-state index contributed by atoms with van der Waals surface area (Å²) in [6, 6.07) is 117.